The highest BCUT2D eigenvalue weighted by Crippen LogP contribution is 2.37. The zero-order valence-corrected chi connectivity index (χ0v) is 32.4. The monoisotopic (exact) mass is 765 g/mol. The van der Waals surface area contributed by atoms with Gasteiger partial charge in [-0.25, -0.2) is 19.9 Å². The summed E-state index contributed by atoms with van der Waals surface area (Å²) in [5.41, 5.74) is 15.5. The van der Waals surface area contributed by atoms with Crippen molar-refractivity contribution in [2.24, 2.45) is 0 Å². The molecule has 11 aromatic rings. The van der Waals surface area contributed by atoms with E-state index in [-0.39, 0.29) is 0 Å². The number of fused-ring (bicyclic) bond motifs is 4. The molecule has 0 saturated heterocycles. The summed E-state index contributed by atoms with van der Waals surface area (Å²) in [5.74, 6) is 0.637. The van der Waals surface area contributed by atoms with Gasteiger partial charge in [0, 0.05) is 55.7 Å². The molecule has 7 aromatic carbocycles. The Morgan fingerprint density at radius 2 is 0.800 bits per heavy atom. The first-order valence-electron chi connectivity index (χ1n) is 20.1. The maximum absolute atomic E-state index is 5.36. The molecule has 4 heterocycles. The van der Waals surface area contributed by atoms with E-state index in [0.29, 0.717) is 5.82 Å². The normalized spacial score (nSPS) is 11.3. The van der Waals surface area contributed by atoms with Crippen molar-refractivity contribution in [2.75, 3.05) is 0 Å². The minimum atomic E-state index is 0.637. The van der Waals surface area contributed by atoms with Crippen LogP contribution in [-0.2, 0) is 0 Å². The second kappa shape index (κ2) is 15.0. The number of aromatic nitrogens is 5. The molecule has 0 unspecified atom stereocenters. The molecule has 5 heteroatoms. The molecule has 0 aliphatic heterocycles. The fourth-order valence-corrected chi connectivity index (χ4v) is 8.13. The van der Waals surface area contributed by atoms with Gasteiger partial charge in [-0.3, -0.25) is 4.98 Å². The fourth-order valence-electron chi connectivity index (χ4n) is 8.13. The Morgan fingerprint density at radius 1 is 0.267 bits per heavy atom. The van der Waals surface area contributed by atoms with Crippen LogP contribution in [0.15, 0.2) is 212 Å². The Labute approximate surface area is 347 Å². The first kappa shape index (κ1) is 35.0. The molecule has 0 amide bonds. The highest BCUT2D eigenvalue weighted by atomic mass is 14.9. The largest absolute Gasteiger partial charge is 0.256 e. The van der Waals surface area contributed by atoms with E-state index in [4.69, 9.17) is 24.9 Å². The van der Waals surface area contributed by atoms with Gasteiger partial charge in [0.1, 0.15) is 0 Å². The minimum absolute atomic E-state index is 0.637. The molecule has 0 saturated carbocycles. The first-order valence-corrected chi connectivity index (χ1v) is 20.1. The highest BCUT2D eigenvalue weighted by Gasteiger charge is 2.16. The molecular weight excluding hydrogens is 731 g/mol. The van der Waals surface area contributed by atoms with Crippen LogP contribution >= 0.6 is 0 Å². The highest BCUT2D eigenvalue weighted by molar-refractivity contribution is 6.09. The van der Waals surface area contributed by atoms with Crippen LogP contribution in [0, 0.1) is 0 Å². The molecule has 0 bridgehead atoms. The number of hydrogen-bond acceptors (Lipinski definition) is 5. The van der Waals surface area contributed by atoms with Crippen molar-refractivity contribution < 1.29 is 0 Å². The predicted molar refractivity (Wildman–Crippen MR) is 246 cm³/mol. The summed E-state index contributed by atoms with van der Waals surface area (Å²) in [7, 11) is 0. The van der Waals surface area contributed by atoms with Gasteiger partial charge in [-0.05, 0) is 53.1 Å². The van der Waals surface area contributed by atoms with Gasteiger partial charge in [-0.2, -0.15) is 0 Å². The summed E-state index contributed by atoms with van der Waals surface area (Å²) >= 11 is 0. The quantitative estimate of drug-likeness (QED) is 0.151. The van der Waals surface area contributed by atoms with Gasteiger partial charge >= 0.3 is 0 Å². The lowest BCUT2D eigenvalue weighted by molar-refractivity contribution is 1.18. The number of benzene rings is 7. The van der Waals surface area contributed by atoms with Gasteiger partial charge in [0.15, 0.2) is 5.82 Å². The van der Waals surface area contributed by atoms with Crippen molar-refractivity contribution in [2.45, 2.75) is 0 Å². The molecule has 0 radical (unpaired) electrons. The lowest BCUT2D eigenvalue weighted by Crippen LogP contribution is -1.97. The van der Waals surface area contributed by atoms with E-state index in [0.717, 1.165) is 106 Å². The maximum Gasteiger partial charge on any atom is 0.160 e. The van der Waals surface area contributed by atoms with E-state index in [9.17, 15) is 0 Å². The van der Waals surface area contributed by atoms with Crippen LogP contribution in [0.3, 0.4) is 0 Å². The average molecular weight is 766 g/mol. The van der Waals surface area contributed by atoms with Crippen LogP contribution in [0.5, 0.6) is 0 Å². The van der Waals surface area contributed by atoms with Crippen LogP contribution in [0.2, 0.25) is 0 Å². The molecule has 0 fully saturated rings. The molecule has 0 N–H and O–H groups in total. The van der Waals surface area contributed by atoms with E-state index in [1.165, 1.54) is 0 Å². The van der Waals surface area contributed by atoms with Crippen LogP contribution < -0.4 is 0 Å². The standard InChI is InChI=1S/C55H35N5/c1-4-14-36(15-5-1)47-34-49(37-16-6-2-7-17-37)58-54-46(47)29-27-40-28-30-48(57-53(40)54)42-22-11-24-44(33-42)55-59-50(38-18-8-3-9-19-38)35-51(60-55)43-23-10-21-41(32-43)45-26-12-20-39-25-13-31-56-52(39)45/h1-35H. The second-order valence-corrected chi connectivity index (χ2v) is 14.9. The molecular formula is C55H35N5. The SMILES string of the molecule is c1ccc(-c2cc(-c3cccc(-c4cccc5cccnc45)c3)nc(-c3cccc(-c4ccc5ccc6c(-c7ccccc7)cc(-c7ccccc7)nc6c5n4)c3)n2)cc1. The Balaban J connectivity index is 1.04. The maximum atomic E-state index is 5.36. The summed E-state index contributed by atoms with van der Waals surface area (Å²) < 4.78 is 0. The van der Waals surface area contributed by atoms with Crippen LogP contribution in [0.1, 0.15) is 0 Å². The Morgan fingerprint density at radius 3 is 1.55 bits per heavy atom. The third-order valence-electron chi connectivity index (χ3n) is 11.1. The molecule has 11 rings (SSSR count). The molecule has 280 valence electrons. The fraction of sp³-hybridized carbons (Fsp3) is 0. The van der Waals surface area contributed by atoms with Crippen LogP contribution in [-0.4, -0.2) is 24.9 Å². The topological polar surface area (TPSA) is 64.5 Å². The zero-order valence-electron chi connectivity index (χ0n) is 32.4. The third-order valence-corrected chi connectivity index (χ3v) is 11.1. The summed E-state index contributed by atoms with van der Waals surface area (Å²) in [6.07, 6.45) is 1.85. The van der Waals surface area contributed by atoms with E-state index < -0.39 is 0 Å². The summed E-state index contributed by atoms with van der Waals surface area (Å²) in [4.78, 5) is 25.8. The van der Waals surface area contributed by atoms with Crippen molar-refractivity contribution in [1.82, 2.24) is 24.9 Å². The van der Waals surface area contributed by atoms with E-state index in [2.05, 4.69) is 176 Å². The number of nitrogens with zero attached hydrogens (tertiary/aromatic N) is 5. The molecule has 0 atom stereocenters. The minimum Gasteiger partial charge on any atom is -0.256 e. The number of pyridine rings is 3. The molecule has 60 heavy (non-hydrogen) atoms. The first-order chi connectivity index (χ1) is 29.7. The van der Waals surface area contributed by atoms with Gasteiger partial charge in [0.2, 0.25) is 0 Å². The Bertz CT molecular complexity index is 3360. The molecule has 0 aliphatic rings. The number of rotatable bonds is 7. The van der Waals surface area contributed by atoms with Gasteiger partial charge in [-0.15, -0.1) is 0 Å². The molecule has 0 spiro atoms. The average Bonchev–Trinajstić information content (AvgIpc) is 3.34. The number of para-hydroxylation sites is 1. The lowest BCUT2D eigenvalue weighted by atomic mass is 9.97. The number of hydrogen-bond donors (Lipinski definition) is 0. The lowest BCUT2D eigenvalue weighted by Gasteiger charge is -2.13. The van der Waals surface area contributed by atoms with Crippen molar-refractivity contribution >= 4 is 32.7 Å². The van der Waals surface area contributed by atoms with Crippen LogP contribution in [0.25, 0.3) is 111 Å². The van der Waals surface area contributed by atoms with E-state index in [1.807, 2.05) is 36.5 Å². The van der Waals surface area contributed by atoms with Crippen LogP contribution in [0.4, 0.5) is 0 Å². The Kier molecular flexibility index (Phi) is 8.75. The van der Waals surface area contributed by atoms with Crippen molar-refractivity contribution in [1.29, 1.82) is 0 Å². The smallest absolute Gasteiger partial charge is 0.160 e. The van der Waals surface area contributed by atoms with E-state index >= 15 is 0 Å². The zero-order chi connectivity index (χ0) is 39.8. The summed E-state index contributed by atoms with van der Waals surface area (Å²) in [6.45, 7) is 0. The second-order valence-electron chi connectivity index (χ2n) is 14.9. The summed E-state index contributed by atoms with van der Waals surface area (Å²) in [6, 6.07) is 71.3. The molecule has 5 nitrogen and oxygen atoms in total. The van der Waals surface area contributed by atoms with E-state index in [1.54, 1.807) is 0 Å². The Hall–Kier alpha value is -8.15. The van der Waals surface area contributed by atoms with Crippen molar-refractivity contribution in [3.63, 3.8) is 0 Å². The van der Waals surface area contributed by atoms with Gasteiger partial charge < -0.3 is 0 Å². The van der Waals surface area contributed by atoms with Crippen molar-refractivity contribution in [3.8, 4) is 78.7 Å². The van der Waals surface area contributed by atoms with Crippen molar-refractivity contribution in [3.05, 3.63) is 212 Å². The third kappa shape index (κ3) is 6.54. The molecule has 0 aliphatic carbocycles. The van der Waals surface area contributed by atoms with Gasteiger partial charge in [-0.1, -0.05) is 170 Å². The van der Waals surface area contributed by atoms with Gasteiger partial charge in [0.25, 0.3) is 0 Å². The predicted octanol–water partition coefficient (Wildman–Crippen LogP) is 13.8. The summed E-state index contributed by atoms with van der Waals surface area (Å²) in [5, 5.41) is 3.20. The van der Waals surface area contributed by atoms with Gasteiger partial charge in [0.05, 0.1) is 39.3 Å². The molecule has 4 aromatic heterocycles.